The second-order valence-corrected chi connectivity index (χ2v) is 6.45. The van der Waals surface area contributed by atoms with Crippen LogP contribution in [0.4, 0.5) is 0 Å². The van der Waals surface area contributed by atoms with Gasteiger partial charge < -0.3 is 4.57 Å². The molecule has 2 atom stereocenters. The van der Waals surface area contributed by atoms with E-state index in [9.17, 15) is 0 Å². The molecule has 1 aromatic heterocycles. The Bertz CT molecular complexity index is 565. The topological polar surface area (TPSA) is 17.8 Å². The van der Waals surface area contributed by atoms with Crippen molar-refractivity contribution in [3.63, 3.8) is 0 Å². The number of rotatable bonds is 5. The zero-order valence-electron chi connectivity index (χ0n) is 11.7. The highest BCUT2D eigenvalue weighted by atomic mass is 79.9. The molecule has 0 N–H and O–H groups in total. The number of fused-ring (bicyclic) bond motifs is 1. The minimum Gasteiger partial charge on any atom is -0.324 e. The Morgan fingerprint density at radius 3 is 2.74 bits per heavy atom. The third-order valence-corrected chi connectivity index (χ3v) is 4.46. The molecule has 2 unspecified atom stereocenters. The summed E-state index contributed by atoms with van der Waals surface area (Å²) in [6, 6.07) is 6.66. The van der Waals surface area contributed by atoms with E-state index in [0.29, 0.717) is 17.8 Å². The predicted octanol–water partition coefficient (Wildman–Crippen LogP) is 5.53. The molecule has 2 aromatic rings. The first kappa shape index (κ1) is 14.9. The molecule has 2 rings (SSSR count). The number of halogens is 2. The minimum absolute atomic E-state index is 0.426. The van der Waals surface area contributed by atoms with Crippen LogP contribution in [-0.2, 0) is 5.88 Å². The monoisotopic (exact) mass is 342 g/mol. The molecule has 0 fully saturated rings. The van der Waals surface area contributed by atoms with Crippen LogP contribution in [0, 0.1) is 5.92 Å². The highest BCUT2D eigenvalue weighted by Gasteiger charge is 2.17. The highest BCUT2D eigenvalue weighted by molar-refractivity contribution is 9.10. The fourth-order valence-corrected chi connectivity index (χ4v) is 3.10. The van der Waals surface area contributed by atoms with Crippen molar-refractivity contribution < 1.29 is 0 Å². The molecule has 2 nitrogen and oxygen atoms in total. The largest absolute Gasteiger partial charge is 0.324 e. The van der Waals surface area contributed by atoms with E-state index >= 15 is 0 Å². The molecule has 0 aliphatic rings. The second-order valence-electron chi connectivity index (χ2n) is 5.26. The molecular formula is C15H20BrClN2. The van der Waals surface area contributed by atoms with E-state index in [1.807, 2.05) is 0 Å². The number of imidazole rings is 1. The summed E-state index contributed by atoms with van der Waals surface area (Å²) >= 11 is 9.56. The van der Waals surface area contributed by atoms with Gasteiger partial charge >= 0.3 is 0 Å². The molecule has 0 saturated heterocycles. The molecule has 0 bridgehead atoms. The minimum atomic E-state index is 0.426. The van der Waals surface area contributed by atoms with Crippen LogP contribution in [0.5, 0.6) is 0 Å². The molecule has 0 radical (unpaired) electrons. The van der Waals surface area contributed by atoms with Gasteiger partial charge in [-0.1, -0.05) is 36.2 Å². The van der Waals surface area contributed by atoms with Gasteiger partial charge in [0.1, 0.15) is 5.82 Å². The molecule has 0 aliphatic carbocycles. The summed E-state index contributed by atoms with van der Waals surface area (Å²) in [6.45, 7) is 6.79. The van der Waals surface area contributed by atoms with Crippen LogP contribution in [0.2, 0.25) is 0 Å². The number of aromatic nitrogens is 2. The van der Waals surface area contributed by atoms with Gasteiger partial charge in [-0.3, -0.25) is 0 Å². The third kappa shape index (κ3) is 3.14. The van der Waals surface area contributed by atoms with Crippen molar-refractivity contribution >= 4 is 38.6 Å². The summed E-state index contributed by atoms with van der Waals surface area (Å²) in [5.74, 6) is 2.13. The number of hydrogen-bond donors (Lipinski definition) is 0. The van der Waals surface area contributed by atoms with Crippen LogP contribution in [0.1, 0.15) is 45.5 Å². The molecule has 1 heterocycles. The summed E-state index contributed by atoms with van der Waals surface area (Å²) in [5.41, 5.74) is 2.19. The Morgan fingerprint density at radius 2 is 2.11 bits per heavy atom. The molecule has 0 saturated carbocycles. The van der Waals surface area contributed by atoms with Gasteiger partial charge in [-0.15, -0.1) is 11.6 Å². The fraction of sp³-hybridized carbons (Fsp3) is 0.533. The lowest BCUT2D eigenvalue weighted by Crippen LogP contribution is -2.11. The molecule has 0 amide bonds. The van der Waals surface area contributed by atoms with Crippen LogP contribution < -0.4 is 0 Å². The number of hydrogen-bond acceptors (Lipinski definition) is 1. The van der Waals surface area contributed by atoms with Crippen LogP contribution in [0.25, 0.3) is 11.0 Å². The van der Waals surface area contributed by atoms with Crippen molar-refractivity contribution in [3.8, 4) is 0 Å². The Hall–Kier alpha value is -0.540. The van der Waals surface area contributed by atoms with Gasteiger partial charge in [-0.05, 0) is 37.5 Å². The quantitative estimate of drug-likeness (QED) is 0.652. The predicted molar refractivity (Wildman–Crippen MR) is 85.8 cm³/mol. The zero-order chi connectivity index (χ0) is 14.0. The van der Waals surface area contributed by atoms with Gasteiger partial charge in [0, 0.05) is 10.5 Å². The maximum Gasteiger partial charge on any atom is 0.125 e. The van der Waals surface area contributed by atoms with Gasteiger partial charge in [0.2, 0.25) is 0 Å². The summed E-state index contributed by atoms with van der Waals surface area (Å²) in [4.78, 5) is 4.65. The maximum absolute atomic E-state index is 6.06. The summed E-state index contributed by atoms with van der Waals surface area (Å²) in [6.07, 6.45) is 2.36. The van der Waals surface area contributed by atoms with Gasteiger partial charge in [0.05, 0.1) is 16.9 Å². The normalized spacial score (nSPS) is 14.8. The first-order chi connectivity index (χ1) is 9.06. The third-order valence-electron chi connectivity index (χ3n) is 3.73. The van der Waals surface area contributed by atoms with E-state index < -0.39 is 0 Å². The number of nitrogens with zero attached hydrogens (tertiary/aromatic N) is 2. The second kappa shape index (κ2) is 6.27. The van der Waals surface area contributed by atoms with E-state index in [1.54, 1.807) is 0 Å². The lowest BCUT2D eigenvalue weighted by Gasteiger charge is -2.20. The maximum atomic E-state index is 6.06. The Labute approximate surface area is 128 Å². The molecule has 0 aliphatic heterocycles. The van der Waals surface area contributed by atoms with Crippen LogP contribution in [-0.4, -0.2) is 9.55 Å². The molecule has 19 heavy (non-hydrogen) atoms. The van der Waals surface area contributed by atoms with Crippen molar-refractivity contribution in [3.05, 3.63) is 28.5 Å². The van der Waals surface area contributed by atoms with Crippen molar-refractivity contribution in [1.29, 1.82) is 0 Å². The number of benzene rings is 1. The van der Waals surface area contributed by atoms with Crippen molar-refractivity contribution in [1.82, 2.24) is 9.55 Å². The molecular weight excluding hydrogens is 324 g/mol. The van der Waals surface area contributed by atoms with Crippen LogP contribution in [0.15, 0.2) is 22.7 Å². The van der Waals surface area contributed by atoms with Gasteiger partial charge in [-0.25, -0.2) is 4.98 Å². The first-order valence-electron chi connectivity index (χ1n) is 6.79. The van der Waals surface area contributed by atoms with E-state index in [0.717, 1.165) is 22.2 Å². The molecule has 0 spiro atoms. The first-order valence-corrected chi connectivity index (χ1v) is 8.11. The van der Waals surface area contributed by atoms with Crippen molar-refractivity contribution in [2.75, 3.05) is 0 Å². The lowest BCUT2D eigenvalue weighted by atomic mass is 10.00. The average Bonchev–Trinajstić information content (AvgIpc) is 2.75. The SMILES string of the molecule is CCC(C)CC(C)n1c(CCl)nc2cc(Br)ccc21. The van der Waals surface area contributed by atoms with Gasteiger partial charge in [0.15, 0.2) is 0 Å². The van der Waals surface area contributed by atoms with Crippen LogP contribution >= 0.6 is 27.5 Å². The summed E-state index contributed by atoms with van der Waals surface area (Å²) in [5, 5.41) is 0. The number of alkyl halides is 1. The zero-order valence-corrected chi connectivity index (χ0v) is 14.0. The average molecular weight is 344 g/mol. The van der Waals surface area contributed by atoms with Crippen molar-refractivity contribution in [2.45, 2.75) is 45.5 Å². The summed E-state index contributed by atoms with van der Waals surface area (Å²) < 4.78 is 3.35. The Kier molecular flexibility index (Phi) is 4.91. The van der Waals surface area contributed by atoms with Gasteiger partial charge in [0.25, 0.3) is 0 Å². The van der Waals surface area contributed by atoms with E-state index in [1.165, 1.54) is 11.9 Å². The van der Waals surface area contributed by atoms with E-state index in [2.05, 4.69) is 64.5 Å². The molecule has 4 heteroatoms. The lowest BCUT2D eigenvalue weighted by molar-refractivity contribution is 0.399. The smallest absolute Gasteiger partial charge is 0.125 e. The molecule has 1 aromatic carbocycles. The Morgan fingerprint density at radius 1 is 1.37 bits per heavy atom. The van der Waals surface area contributed by atoms with Crippen LogP contribution in [0.3, 0.4) is 0 Å². The fourth-order valence-electron chi connectivity index (χ4n) is 2.56. The van der Waals surface area contributed by atoms with E-state index in [4.69, 9.17) is 11.6 Å². The summed E-state index contributed by atoms with van der Waals surface area (Å²) in [7, 11) is 0. The standard InChI is InChI=1S/C15H20BrClN2/c1-4-10(2)7-11(3)19-14-6-5-12(16)8-13(14)18-15(19)9-17/h5-6,8,10-11H,4,7,9H2,1-3H3. The molecule has 104 valence electrons. The highest BCUT2D eigenvalue weighted by Crippen LogP contribution is 2.28. The van der Waals surface area contributed by atoms with Gasteiger partial charge in [-0.2, -0.15) is 0 Å². The Balaban J connectivity index is 2.45. The van der Waals surface area contributed by atoms with Crippen molar-refractivity contribution in [2.24, 2.45) is 5.92 Å². The van der Waals surface area contributed by atoms with E-state index in [-0.39, 0.29) is 0 Å².